The molecule has 258 valence electrons. The Hall–Kier alpha value is -3.78. The van der Waals surface area contributed by atoms with Crippen LogP contribution in [-0.4, -0.2) is 9.52 Å². The van der Waals surface area contributed by atoms with Gasteiger partial charge in [0.05, 0.1) is 0 Å². The Morgan fingerprint density at radius 3 is 1.02 bits per heavy atom. The number of halogens is 2. The van der Waals surface area contributed by atoms with Crippen molar-refractivity contribution in [3.63, 3.8) is 0 Å². The summed E-state index contributed by atoms with van der Waals surface area (Å²) in [6, 6.07) is 61.3. The van der Waals surface area contributed by atoms with E-state index in [4.69, 9.17) is 17.0 Å². The Bertz CT molecular complexity index is 2080. The van der Waals surface area contributed by atoms with Crippen LogP contribution in [0.25, 0.3) is 66.1 Å². The maximum absolute atomic E-state index is 4.93. The number of hydrogen-bond acceptors (Lipinski definition) is 0. The second-order valence-electron chi connectivity index (χ2n) is 12.5. The molecular formula is C48H44Cl2SiZr. The van der Waals surface area contributed by atoms with Crippen LogP contribution in [0, 0.1) is 0 Å². The molecule has 0 heterocycles. The molecule has 0 bridgehead atoms. The molecular weight excluding hydrogens is 767 g/mol. The van der Waals surface area contributed by atoms with E-state index in [0.717, 1.165) is 22.4 Å². The van der Waals surface area contributed by atoms with Gasteiger partial charge in [0.15, 0.2) is 0 Å². The minimum atomic E-state index is -0.826. The molecule has 0 N–H and O–H groups in total. The van der Waals surface area contributed by atoms with E-state index >= 15 is 0 Å². The van der Waals surface area contributed by atoms with Gasteiger partial charge in [-0.2, -0.15) is 12.1 Å². The summed E-state index contributed by atoms with van der Waals surface area (Å²) in [4.78, 5) is 0. The molecule has 2 radical (unpaired) electrons. The molecule has 0 saturated carbocycles. The van der Waals surface area contributed by atoms with Crippen LogP contribution in [0.1, 0.15) is 25.0 Å². The molecule has 0 aliphatic heterocycles. The molecule has 8 aromatic carbocycles. The van der Waals surface area contributed by atoms with Crippen molar-refractivity contribution in [3.05, 3.63) is 181 Å². The van der Waals surface area contributed by atoms with E-state index in [9.17, 15) is 0 Å². The van der Waals surface area contributed by atoms with Crippen molar-refractivity contribution in [1.29, 1.82) is 0 Å². The summed E-state index contributed by atoms with van der Waals surface area (Å²) in [5, 5.41) is 5.38. The molecule has 0 unspecified atom stereocenters. The minimum absolute atomic E-state index is 0.826. The molecule has 0 aromatic heterocycles. The zero-order valence-electron chi connectivity index (χ0n) is 30.3. The first-order chi connectivity index (χ1) is 25.5. The van der Waals surface area contributed by atoms with E-state index < -0.39 is 20.8 Å². The molecule has 0 aliphatic carbocycles. The Morgan fingerprint density at radius 2 is 0.731 bits per heavy atom. The second kappa shape index (κ2) is 20.5. The van der Waals surface area contributed by atoms with Gasteiger partial charge in [0.2, 0.25) is 0 Å². The van der Waals surface area contributed by atoms with Gasteiger partial charge in [0.25, 0.3) is 0 Å². The zero-order valence-corrected chi connectivity index (χ0v) is 35.3. The predicted octanol–water partition coefficient (Wildman–Crippen LogP) is 15.1. The summed E-state index contributed by atoms with van der Waals surface area (Å²) in [7, 11) is 11.0. The van der Waals surface area contributed by atoms with Gasteiger partial charge in [0, 0.05) is 9.52 Å². The topological polar surface area (TPSA) is 0 Å². The molecule has 8 aromatic rings. The third-order valence-electron chi connectivity index (χ3n) is 8.97. The third kappa shape index (κ3) is 10.2. The van der Waals surface area contributed by atoms with E-state index in [1.807, 2.05) is 0 Å². The van der Waals surface area contributed by atoms with E-state index in [1.54, 1.807) is 0 Å². The third-order valence-corrected chi connectivity index (χ3v) is 8.97. The average molecular weight is 811 g/mol. The van der Waals surface area contributed by atoms with Crippen molar-refractivity contribution >= 4 is 48.1 Å². The monoisotopic (exact) mass is 808 g/mol. The first kappa shape index (κ1) is 39.4. The fourth-order valence-electron chi connectivity index (χ4n) is 6.48. The molecule has 8 rings (SSSR count). The van der Waals surface area contributed by atoms with Gasteiger partial charge < -0.3 is 0 Å². The Morgan fingerprint density at radius 1 is 0.442 bits per heavy atom. The first-order valence-corrected chi connectivity index (χ1v) is 26.1. The van der Waals surface area contributed by atoms with Crippen LogP contribution in [0.3, 0.4) is 0 Å². The Balaban J connectivity index is 0.000000175. The van der Waals surface area contributed by atoms with Crippen LogP contribution in [0.2, 0.25) is 13.1 Å². The number of benzene rings is 6. The Labute approximate surface area is 331 Å². The van der Waals surface area contributed by atoms with Gasteiger partial charge in [-0.25, -0.2) is 0 Å². The van der Waals surface area contributed by atoms with Gasteiger partial charge in [-0.3, -0.25) is 0 Å². The molecule has 0 nitrogen and oxygen atoms in total. The maximum atomic E-state index is 4.93. The van der Waals surface area contributed by atoms with Gasteiger partial charge in [-0.15, -0.1) is 56.9 Å². The van der Waals surface area contributed by atoms with Gasteiger partial charge in [-0.05, 0) is 35.1 Å². The molecule has 0 saturated heterocycles. The van der Waals surface area contributed by atoms with Crippen molar-refractivity contribution in [2.24, 2.45) is 0 Å². The van der Waals surface area contributed by atoms with Gasteiger partial charge in [0.1, 0.15) is 0 Å². The molecule has 0 amide bonds. The average Bonchev–Trinajstić information content (AvgIpc) is 3.84. The van der Waals surface area contributed by atoms with E-state index in [2.05, 4.69) is 197 Å². The summed E-state index contributed by atoms with van der Waals surface area (Å²) >= 11 is -0.826. The van der Waals surface area contributed by atoms with Gasteiger partial charge in [-0.1, -0.05) is 183 Å². The summed E-state index contributed by atoms with van der Waals surface area (Å²) in [5.41, 5.74) is 13.1. The number of aryl methyl sites for hydroxylation is 2. The second-order valence-corrected chi connectivity index (χ2v) is 17.3. The van der Waals surface area contributed by atoms with Crippen LogP contribution >= 0.6 is 17.0 Å². The fraction of sp³-hybridized carbons (Fsp3) is 0.125. The fourth-order valence-corrected chi connectivity index (χ4v) is 6.48. The number of fused-ring (bicyclic) bond motifs is 2. The van der Waals surface area contributed by atoms with Crippen LogP contribution in [0.5, 0.6) is 0 Å². The standard InChI is InChI=1S/2C23H19.C2H6Si.2ClH.Zr/c2*1-2-17-13-21-15-20(18-9-5-3-6-10-18)16-23(22(21)14-17)19-11-7-4-8-12-19;1-3-2;;;/h2*3-16H,2H2,1H3;1-2H3;2*1H;/q2*-1;;;;+4/p-2. The van der Waals surface area contributed by atoms with Gasteiger partial charge >= 0.3 is 37.9 Å². The molecule has 0 atom stereocenters. The van der Waals surface area contributed by atoms with Crippen molar-refractivity contribution in [3.8, 4) is 44.5 Å². The quantitative estimate of drug-likeness (QED) is 0.116. The molecule has 4 heteroatoms. The summed E-state index contributed by atoms with van der Waals surface area (Å²) < 4.78 is 0. The first-order valence-electron chi connectivity index (χ1n) is 17.8. The van der Waals surface area contributed by atoms with Crippen molar-refractivity contribution < 1.29 is 20.8 Å². The van der Waals surface area contributed by atoms with Crippen LogP contribution in [0.4, 0.5) is 0 Å². The van der Waals surface area contributed by atoms with Crippen molar-refractivity contribution in [1.82, 2.24) is 0 Å². The SMILES string of the molecule is CCc1cc2c(-c3ccccc3)cc(-c3ccccc3)cc2[cH-]1.CCc1cc2c(-c3ccccc3)cc(-c3ccccc3)cc2[cH-]1.C[Si]C.[Cl][Zr+2][Cl]. The van der Waals surface area contributed by atoms with Crippen LogP contribution in [-0.2, 0) is 33.7 Å². The number of rotatable bonds is 6. The summed E-state index contributed by atoms with van der Waals surface area (Å²) in [6.45, 7) is 8.74. The molecule has 52 heavy (non-hydrogen) atoms. The van der Waals surface area contributed by atoms with E-state index in [1.165, 1.54) is 77.2 Å². The van der Waals surface area contributed by atoms with Crippen LogP contribution in [0.15, 0.2) is 170 Å². The molecule has 0 spiro atoms. The van der Waals surface area contributed by atoms with Crippen LogP contribution < -0.4 is 0 Å². The van der Waals surface area contributed by atoms with E-state index in [-0.39, 0.29) is 0 Å². The van der Waals surface area contributed by atoms with Crippen molar-refractivity contribution in [2.75, 3.05) is 0 Å². The normalized spacial score (nSPS) is 10.3. The molecule has 0 aliphatic rings. The molecule has 0 fully saturated rings. The van der Waals surface area contributed by atoms with E-state index in [0.29, 0.717) is 0 Å². The predicted molar refractivity (Wildman–Crippen MR) is 229 cm³/mol. The zero-order chi connectivity index (χ0) is 36.7. The summed E-state index contributed by atoms with van der Waals surface area (Å²) in [6.07, 6.45) is 2.15. The number of hydrogen-bond donors (Lipinski definition) is 0. The Kier molecular flexibility index (Phi) is 15.5. The summed E-state index contributed by atoms with van der Waals surface area (Å²) in [5.74, 6) is 0. The van der Waals surface area contributed by atoms with Crippen molar-refractivity contribution in [2.45, 2.75) is 39.8 Å².